The third kappa shape index (κ3) is 2.51. The lowest BCUT2D eigenvalue weighted by Crippen LogP contribution is -1.98. The Labute approximate surface area is 122 Å². The number of nitrogens with zero attached hydrogens (tertiary/aromatic N) is 1. The van der Waals surface area contributed by atoms with Crippen LogP contribution in [0.15, 0.2) is 60.7 Å². The van der Waals surface area contributed by atoms with Crippen LogP contribution < -0.4 is 5.73 Å². The molecular weight excluding hydrogens is 268 g/mol. The third-order valence-corrected chi connectivity index (χ3v) is 3.40. The van der Waals surface area contributed by atoms with Gasteiger partial charge in [0.05, 0.1) is 5.52 Å². The number of hydrogen-bond acceptors (Lipinski definition) is 2. The Morgan fingerprint density at radius 2 is 1.70 bits per heavy atom. The second-order valence-corrected chi connectivity index (χ2v) is 4.89. The predicted octanol–water partition coefficient (Wildman–Crippen LogP) is 4.35. The highest BCUT2D eigenvalue weighted by molar-refractivity contribution is 6.31. The zero-order valence-corrected chi connectivity index (χ0v) is 11.5. The van der Waals surface area contributed by atoms with Crippen molar-refractivity contribution in [1.29, 1.82) is 0 Å². The maximum absolute atomic E-state index is 6.23. The van der Waals surface area contributed by atoms with E-state index in [4.69, 9.17) is 17.3 Å². The highest BCUT2D eigenvalue weighted by Gasteiger charge is 2.07. The molecule has 98 valence electrons. The Morgan fingerprint density at radius 1 is 1.00 bits per heavy atom. The van der Waals surface area contributed by atoms with Crippen LogP contribution in [0.25, 0.3) is 22.7 Å². The molecule has 0 aliphatic carbocycles. The summed E-state index contributed by atoms with van der Waals surface area (Å²) in [6, 6.07) is 19.7. The standard InChI is InChI=1S/C17H13ClN2/c18-17-14(11-13-8-4-5-9-16(13)20-17)15(19)10-12-6-2-1-3-7-12/h1-11H,19H2/b15-10-. The van der Waals surface area contributed by atoms with Crippen LogP contribution in [0.3, 0.4) is 0 Å². The molecule has 3 heteroatoms. The molecule has 0 aliphatic heterocycles. The van der Waals surface area contributed by atoms with Gasteiger partial charge in [0, 0.05) is 16.6 Å². The maximum atomic E-state index is 6.23. The normalized spacial score (nSPS) is 11.8. The van der Waals surface area contributed by atoms with Gasteiger partial charge in [-0.25, -0.2) is 4.98 Å². The number of benzene rings is 2. The van der Waals surface area contributed by atoms with Crippen LogP contribution in [0.5, 0.6) is 0 Å². The zero-order chi connectivity index (χ0) is 13.9. The van der Waals surface area contributed by atoms with Crippen LogP contribution in [-0.2, 0) is 0 Å². The minimum absolute atomic E-state index is 0.424. The Balaban J connectivity index is 2.09. The number of halogens is 1. The van der Waals surface area contributed by atoms with E-state index in [0.29, 0.717) is 10.9 Å². The van der Waals surface area contributed by atoms with Gasteiger partial charge in [0.2, 0.25) is 0 Å². The third-order valence-electron chi connectivity index (χ3n) is 3.11. The van der Waals surface area contributed by atoms with Crippen LogP contribution in [-0.4, -0.2) is 4.98 Å². The van der Waals surface area contributed by atoms with E-state index in [1.807, 2.05) is 66.7 Å². The van der Waals surface area contributed by atoms with Crippen LogP contribution in [0.1, 0.15) is 11.1 Å². The van der Waals surface area contributed by atoms with Gasteiger partial charge in [0.15, 0.2) is 0 Å². The smallest absolute Gasteiger partial charge is 0.139 e. The number of pyridine rings is 1. The van der Waals surface area contributed by atoms with Crippen LogP contribution >= 0.6 is 11.6 Å². The van der Waals surface area contributed by atoms with Crippen molar-refractivity contribution in [1.82, 2.24) is 4.98 Å². The van der Waals surface area contributed by atoms with Gasteiger partial charge in [-0.1, -0.05) is 60.1 Å². The summed E-state index contributed by atoms with van der Waals surface area (Å²) in [6.45, 7) is 0. The molecule has 0 spiro atoms. The molecule has 1 aromatic heterocycles. The summed E-state index contributed by atoms with van der Waals surface area (Å²) in [7, 11) is 0. The first-order chi connectivity index (χ1) is 9.74. The van der Waals surface area contributed by atoms with Crippen molar-refractivity contribution in [2.75, 3.05) is 0 Å². The summed E-state index contributed by atoms with van der Waals surface area (Å²) in [4.78, 5) is 4.38. The molecule has 3 aromatic rings. The van der Waals surface area contributed by atoms with E-state index in [-0.39, 0.29) is 0 Å². The van der Waals surface area contributed by atoms with Crippen molar-refractivity contribution in [2.45, 2.75) is 0 Å². The first-order valence-corrected chi connectivity index (χ1v) is 6.70. The van der Waals surface area contributed by atoms with Gasteiger partial charge in [-0.05, 0) is 23.8 Å². The van der Waals surface area contributed by atoms with E-state index in [2.05, 4.69) is 4.98 Å². The Kier molecular flexibility index (Phi) is 3.40. The van der Waals surface area contributed by atoms with E-state index in [1.54, 1.807) is 0 Å². The van der Waals surface area contributed by atoms with Crippen molar-refractivity contribution in [2.24, 2.45) is 5.73 Å². The van der Waals surface area contributed by atoms with Gasteiger partial charge in [-0.2, -0.15) is 0 Å². The molecule has 0 amide bonds. The number of para-hydroxylation sites is 1. The lowest BCUT2D eigenvalue weighted by atomic mass is 10.1. The van der Waals surface area contributed by atoms with E-state index in [1.165, 1.54) is 0 Å². The summed E-state index contributed by atoms with van der Waals surface area (Å²) < 4.78 is 0. The zero-order valence-electron chi connectivity index (χ0n) is 10.8. The van der Waals surface area contributed by atoms with E-state index in [9.17, 15) is 0 Å². The summed E-state index contributed by atoms with van der Waals surface area (Å²) >= 11 is 6.23. The number of hydrogen-bond donors (Lipinski definition) is 1. The molecule has 2 aromatic carbocycles. The molecule has 0 aliphatic rings. The topological polar surface area (TPSA) is 38.9 Å². The molecule has 0 saturated heterocycles. The molecule has 0 fully saturated rings. The van der Waals surface area contributed by atoms with Crippen molar-refractivity contribution in [3.8, 4) is 0 Å². The van der Waals surface area contributed by atoms with E-state index < -0.39 is 0 Å². The van der Waals surface area contributed by atoms with Crippen LogP contribution in [0, 0.1) is 0 Å². The minimum Gasteiger partial charge on any atom is -0.398 e. The monoisotopic (exact) mass is 280 g/mol. The highest BCUT2D eigenvalue weighted by atomic mass is 35.5. The summed E-state index contributed by atoms with van der Waals surface area (Å²) in [5.74, 6) is 0. The van der Waals surface area contributed by atoms with Crippen molar-refractivity contribution >= 4 is 34.3 Å². The Morgan fingerprint density at radius 3 is 2.50 bits per heavy atom. The van der Waals surface area contributed by atoms with Crippen molar-refractivity contribution in [3.63, 3.8) is 0 Å². The number of rotatable bonds is 2. The molecule has 0 saturated carbocycles. The molecule has 20 heavy (non-hydrogen) atoms. The average Bonchev–Trinajstić information content (AvgIpc) is 2.47. The lowest BCUT2D eigenvalue weighted by Gasteiger charge is -2.06. The van der Waals surface area contributed by atoms with Crippen LogP contribution in [0.2, 0.25) is 5.15 Å². The van der Waals surface area contributed by atoms with Gasteiger partial charge in [0.25, 0.3) is 0 Å². The van der Waals surface area contributed by atoms with Gasteiger partial charge >= 0.3 is 0 Å². The molecule has 0 bridgehead atoms. The number of fused-ring (bicyclic) bond motifs is 1. The largest absolute Gasteiger partial charge is 0.398 e. The predicted molar refractivity (Wildman–Crippen MR) is 85.3 cm³/mol. The molecule has 3 rings (SSSR count). The second kappa shape index (κ2) is 5.35. The summed E-state index contributed by atoms with van der Waals surface area (Å²) in [6.07, 6.45) is 1.90. The second-order valence-electron chi connectivity index (χ2n) is 4.53. The number of aromatic nitrogens is 1. The van der Waals surface area contributed by atoms with Gasteiger partial charge in [-0.15, -0.1) is 0 Å². The van der Waals surface area contributed by atoms with E-state index in [0.717, 1.165) is 22.0 Å². The molecular formula is C17H13ClN2. The fourth-order valence-electron chi connectivity index (χ4n) is 2.10. The van der Waals surface area contributed by atoms with Gasteiger partial charge in [0.1, 0.15) is 5.15 Å². The van der Waals surface area contributed by atoms with Crippen molar-refractivity contribution < 1.29 is 0 Å². The molecule has 0 radical (unpaired) electrons. The minimum atomic E-state index is 0.424. The SMILES string of the molecule is N/C(=C\c1ccccc1)c1cc2ccccc2nc1Cl. The first kappa shape index (κ1) is 12.7. The molecule has 0 unspecified atom stereocenters. The molecule has 2 N–H and O–H groups in total. The maximum Gasteiger partial charge on any atom is 0.139 e. The van der Waals surface area contributed by atoms with Crippen LogP contribution in [0.4, 0.5) is 0 Å². The molecule has 1 heterocycles. The highest BCUT2D eigenvalue weighted by Crippen LogP contribution is 2.25. The average molecular weight is 281 g/mol. The summed E-state index contributed by atoms with van der Waals surface area (Å²) in [5.41, 5.74) is 9.43. The molecule has 2 nitrogen and oxygen atoms in total. The van der Waals surface area contributed by atoms with Gasteiger partial charge in [-0.3, -0.25) is 0 Å². The Hall–Kier alpha value is -2.32. The fraction of sp³-hybridized carbons (Fsp3) is 0. The van der Waals surface area contributed by atoms with E-state index >= 15 is 0 Å². The van der Waals surface area contributed by atoms with Gasteiger partial charge < -0.3 is 5.73 Å². The summed E-state index contributed by atoms with van der Waals surface area (Å²) in [5, 5.41) is 1.45. The molecule has 0 atom stereocenters. The lowest BCUT2D eigenvalue weighted by molar-refractivity contribution is 1.37. The first-order valence-electron chi connectivity index (χ1n) is 6.32. The quantitative estimate of drug-likeness (QED) is 0.709. The van der Waals surface area contributed by atoms with Crippen molar-refractivity contribution in [3.05, 3.63) is 76.9 Å². The fourth-order valence-corrected chi connectivity index (χ4v) is 2.36. The Bertz CT molecular complexity index is 779. The number of nitrogens with two attached hydrogens (primary N) is 1.